The number of benzene rings is 2. The first-order valence-electron chi connectivity index (χ1n) is 8.71. The molecule has 1 amide bonds. The van der Waals surface area contributed by atoms with E-state index in [4.69, 9.17) is 4.42 Å². The number of fused-ring (bicyclic) bond motifs is 1. The zero-order valence-corrected chi connectivity index (χ0v) is 17.0. The highest BCUT2D eigenvalue weighted by Gasteiger charge is 2.19. The highest BCUT2D eigenvalue weighted by Crippen LogP contribution is 2.19. The van der Waals surface area contributed by atoms with Gasteiger partial charge in [-0.1, -0.05) is 42.5 Å². The fraction of sp³-hybridized carbons (Fsp3) is 0.100. The van der Waals surface area contributed by atoms with E-state index in [-0.39, 0.29) is 10.9 Å². The lowest BCUT2D eigenvalue weighted by molar-refractivity contribution is 0.0966. The molecular formula is C20H17N3O4S2. The van der Waals surface area contributed by atoms with Gasteiger partial charge in [0, 0.05) is 11.6 Å². The molecule has 2 aromatic heterocycles. The van der Waals surface area contributed by atoms with Gasteiger partial charge in [-0.2, -0.15) is 4.99 Å². The molecule has 7 nitrogen and oxygen atoms in total. The van der Waals surface area contributed by atoms with Crippen molar-refractivity contribution in [2.24, 2.45) is 4.99 Å². The van der Waals surface area contributed by atoms with Crippen molar-refractivity contribution >= 4 is 38.0 Å². The molecule has 0 atom stereocenters. The van der Waals surface area contributed by atoms with Crippen LogP contribution < -0.4 is 9.52 Å². The Bertz CT molecular complexity index is 1360. The summed E-state index contributed by atoms with van der Waals surface area (Å²) in [5, 5.41) is 3.80. The van der Waals surface area contributed by atoms with Crippen molar-refractivity contribution in [2.75, 3.05) is 7.05 Å². The van der Waals surface area contributed by atoms with Crippen molar-refractivity contribution in [1.29, 1.82) is 0 Å². The average molecular weight is 428 g/mol. The standard InChI is InChI=1S/C20H17N3O4S2/c1-21-29(25,26)18-10-9-17(27-18)19(24)22-20-23(11-12-28-20)13-15-7-4-6-14-5-2-3-8-16(14)15/h2-12,21H,13H2,1H3. The largest absolute Gasteiger partial charge is 0.438 e. The third kappa shape index (κ3) is 3.93. The normalized spacial score (nSPS) is 12.5. The van der Waals surface area contributed by atoms with Crippen LogP contribution in [-0.2, 0) is 16.6 Å². The number of nitrogens with zero attached hydrogens (tertiary/aromatic N) is 2. The van der Waals surface area contributed by atoms with Crippen LogP contribution in [0.3, 0.4) is 0 Å². The van der Waals surface area contributed by atoms with Crippen LogP contribution in [0.2, 0.25) is 0 Å². The molecule has 0 saturated carbocycles. The van der Waals surface area contributed by atoms with Gasteiger partial charge in [0.15, 0.2) is 10.6 Å². The van der Waals surface area contributed by atoms with Crippen molar-refractivity contribution in [3.63, 3.8) is 0 Å². The lowest BCUT2D eigenvalue weighted by Crippen LogP contribution is -2.18. The van der Waals surface area contributed by atoms with E-state index >= 15 is 0 Å². The van der Waals surface area contributed by atoms with Crippen LogP contribution in [0.25, 0.3) is 10.8 Å². The topological polar surface area (TPSA) is 93.7 Å². The Morgan fingerprint density at radius 1 is 1.14 bits per heavy atom. The molecule has 0 saturated heterocycles. The predicted octanol–water partition coefficient (Wildman–Crippen LogP) is 2.99. The maximum atomic E-state index is 12.5. The summed E-state index contributed by atoms with van der Waals surface area (Å²) in [5.74, 6) is -0.777. The van der Waals surface area contributed by atoms with E-state index in [2.05, 4.69) is 27.9 Å². The number of nitrogens with one attached hydrogen (secondary N) is 1. The number of thiazole rings is 1. The van der Waals surface area contributed by atoms with Gasteiger partial charge in [-0.25, -0.2) is 13.1 Å². The second-order valence-corrected chi connectivity index (χ2v) is 8.89. The van der Waals surface area contributed by atoms with Gasteiger partial charge in [-0.15, -0.1) is 11.3 Å². The highest BCUT2D eigenvalue weighted by molar-refractivity contribution is 7.89. The van der Waals surface area contributed by atoms with Gasteiger partial charge in [0.2, 0.25) is 5.09 Å². The van der Waals surface area contributed by atoms with Crippen LogP contribution in [0, 0.1) is 0 Å². The Balaban J connectivity index is 1.65. The van der Waals surface area contributed by atoms with Crippen molar-refractivity contribution in [3.05, 3.63) is 82.3 Å². The zero-order valence-electron chi connectivity index (χ0n) is 15.4. The summed E-state index contributed by atoms with van der Waals surface area (Å²) in [6, 6.07) is 16.7. The minimum absolute atomic E-state index is 0.135. The van der Waals surface area contributed by atoms with Crippen LogP contribution in [-0.4, -0.2) is 25.9 Å². The van der Waals surface area contributed by atoms with Gasteiger partial charge >= 0.3 is 5.91 Å². The molecule has 4 rings (SSSR count). The molecular weight excluding hydrogens is 410 g/mol. The second kappa shape index (κ2) is 7.78. The van der Waals surface area contributed by atoms with Crippen LogP contribution in [0.1, 0.15) is 16.1 Å². The minimum Gasteiger partial charge on any atom is -0.438 e. The van der Waals surface area contributed by atoms with Gasteiger partial charge in [0.1, 0.15) is 0 Å². The molecule has 9 heteroatoms. The van der Waals surface area contributed by atoms with E-state index < -0.39 is 15.9 Å². The number of hydrogen-bond donors (Lipinski definition) is 1. The Kier molecular flexibility index (Phi) is 5.18. The van der Waals surface area contributed by atoms with Crippen LogP contribution in [0.4, 0.5) is 0 Å². The van der Waals surface area contributed by atoms with E-state index in [0.29, 0.717) is 11.3 Å². The maximum absolute atomic E-state index is 12.5. The van der Waals surface area contributed by atoms with Gasteiger partial charge in [-0.3, -0.25) is 4.79 Å². The lowest BCUT2D eigenvalue weighted by Gasteiger charge is -2.07. The molecule has 0 bridgehead atoms. The van der Waals surface area contributed by atoms with E-state index in [0.717, 1.165) is 16.3 Å². The number of carbonyl (C=O) groups is 1. The fourth-order valence-corrected chi connectivity index (χ4v) is 4.32. The summed E-state index contributed by atoms with van der Waals surface area (Å²) in [4.78, 5) is 17.1. The lowest BCUT2D eigenvalue weighted by atomic mass is 10.0. The molecule has 0 spiro atoms. The smallest absolute Gasteiger partial charge is 0.315 e. The number of carbonyl (C=O) groups excluding carboxylic acids is 1. The Labute approximate surface area is 171 Å². The first-order chi connectivity index (χ1) is 14.0. The number of furan rings is 1. The molecule has 1 N–H and O–H groups in total. The predicted molar refractivity (Wildman–Crippen MR) is 110 cm³/mol. The van der Waals surface area contributed by atoms with Gasteiger partial charge in [-0.05, 0) is 35.5 Å². The Hall–Kier alpha value is -3.01. The third-order valence-electron chi connectivity index (χ3n) is 4.40. The summed E-state index contributed by atoms with van der Waals surface area (Å²) < 4.78 is 32.7. The number of rotatable bonds is 5. The molecule has 0 unspecified atom stereocenters. The zero-order chi connectivity index (χ0) is 20.4. The summed E-state index contributed by atoms with van der Waals surface area (Å²) in [6.07, 6.45) is 1.86. The van der Waals surface area contributed by atoms with E-state index in [9.17, 15) is 13.2 Å². The molecule has 0 aliphatic heterocycles. The first-order valence-corrected chi connectivity index (χ1v) is 11.1. The Morgan fingerprint density at radius 3 is 2.76 bits per heavy atom. The SMILES string of the molecule is CNS(=O)(=O)c1ccc(C(=O)N=c2sccn2Cc2cccc3ccccc23)o1. The number of sulfonamides is 1. The molecule has 2 aromatic carbocycles. The maximum Gasteiger partial charge on any atom is 0.315 e. The minimum atomic E-state index is -3.76. The van der Waals surface area contributed by atoms with Crippen molar-refractivity contribution < 1.29 is 17.6 Å². The van der Waals surface area contributed by atoms with Crippen LogP contribution in [0.5, 0.6) is 0 Å². The van der Waals surface area contributed by atoms with E-state index in [1.807, 2.05) is 40.4 Å². The molecule has 0 fully saturated rings. The van der Waals surface area contributed by atoms with Gasteiger partial charge < -0.3 is 8.98 Å². The second-order valence-electron chi connectivity index (χ2n) is 6.19. The third-order valence-corrected chi connectivity index (χ3v) is 6.48. The van der Waals surface area contributed by atoms with Crippen molar-refractivity contribution in [2.45, 2.75) is 11.6 Å². The van der Waals surface area contributed by atoms with Crippen LogP contribution in [0.15, 0.2) is 80.7 Å². The summed E-state index contributed by atoms with van der Waals surface area (Å²) in [5.41, 5.74) is 1.11. The van der Waals surface area contributed by atoms with E-state index in [1.165, 1.54) is 30.5 Å². The molecule has 0 aliphatic rings. The summed E-state index contributed by atoms with van der Waals surface area (Å²) in [7, 11) is -2.49. The van der Waals surface area contributed by atoms with E-state index in [1.54, 1.807) is 0 Å². The Morgan fingerprint density at radius 2 is 1.93 bits per heavy atom. The quantitative estimate of drug-likeness (QED) is 0.530. The summed E-state index contributed by atoms with van der Waals surface area (Å²) in [6.45, 7) is 0.550. The molecule has 2 heterocycles. The molecule has 29 heavy (non-hydrogen) atoms. The van der Waals surface area contributed by atoms with Crippen molar-refractivity contribution in [1.82, 2.24) is 9.29 Å². The van der Waals surface area contributed by atoms with Crippen LogP contribution >= 0.6 is 11.3 Å². The highest BCUT2D eigenvalue weighted by atomic mass is 32.2. The van der Waals surface area contributed by atoms with Crippen molar-refractivity contribution in [3.8, 4) is 0 Å². The molecule has 148 valence electrons. The van der Waals surface area contributed by atoms with Gasteiger partial charge in [0.05, 0.1) is 6.54 Å². The summed E-state index contributed by atoms with van der Waals surface area (Å²) >= 11 is 1.32. The first kappa shape index (κ1) is 19.3. The fourth-order valence-electron chi connectivity index (χ4n) is 2.94. The number of hydrogen-bond acceptors (Lipinski definition) is 5. The number of amides is 1. The number of aromatic nitrogens is 1. The molecule has 4 aromatic rings. The van der Waals surface area contributed by atoms with Gasteiger partial charge in [0.25, 0.3) is 10.0 Å². The molecule has 0 radical (unpaired) electrons. The molecule has 0 aliphatic carbocycles. The average Bonchev–Trinajstić information content (AvgIpc) is 3.39. The monoisotopic (exact) mass is 427 g/mol.